The largest absolute Gasteiger partial charge is 0.375 e. The second-order valence-electron chi connectivity index (χ2n) is 4.11. The van der Waals surface area contributed by atoms with Gasteiger partial charge < -0.3 is 11.1 Å². The van der Waals surface area contributed by atoms with Gasteiger partial charge in [-0.3, -0.25) is 4.79 Å². The number of carbonyl (C=O) groups is 1. The molecule has 0 aliphatic rings. The van der Waals surface area contributed by atoms with Crippen molar-refractivity contribution in [3.63, 3.8) is 0 Å². The number of anilines is 1. The molecule has 0 fully saturated rings. The van der Waals surface area contributed by atoms with Crippen molar-refractivity contribution in [3.05, 3.63) is 44.1 Å². The van der Waals surface area contributed by atoms with Crippen molar-refractivity contribution in [3.8, 4) is 0 Å². The molecule has 0 saturated heterocycles. The smallest absolute Gasteiger partial charge is 0.263 e. The molecule has 0 atom stereocenters. The Morgan fingerprint density at radius 1 is 1.43 bits per heavy atom. The molecule has 2 rings (SSSR count). The van der Waals surface area contributed by atoms with E-state index in [-0.39, 0.29) is 21.7 Å². The summed E-state index contributed by atoms with van der Waals surface area (Å²) in [5.41, 5.74) is 6.03. The third-order valence-corrected chi connectivity index (χ3v) is 4.48. The van der Waals surface area contributed by atoms with Crippen LogP contribution in [0.15, 0.2) is 10.5 Å². The van der Waals surface area contributed by atoms with Crippen LogP contribution in [0.25, 0.3) is 0 Å². The van der Waals surface area contributed by atoms with Gasteiger partial charge in [0.15, 0.2) is 22.6 Å². The third kappa shape index (κ3) is 3.18. The number of amides is 1. The maximum Gasteiger partial charge on any atom is 0.263 e. The summed E-state index contributed by atoms with van der Waals surface area (Å²) in [6.45, 7) is 1.44. The van der Waals surface area contributed by atoms with E-state index in [0.717, 1.165) is 17.4 Å². The molecule has 3 N–H and O–H groups in total. The monoisotopic (exact) mass is 379 g/mol. The van der Waals surface area contributed by atoms with Gasteiger partial charge in [0, 0.05) is 6.54 Å². The first kappa shape index (κ1) is 15.8. The van der Waals surface area contributed by atoms with Crippen LogP contribution in [0.1, 0.15) is 20.9 Å². The number of benzene rings is 1. The number of carbonyl (C=O) groups excluding carboxylic acids is 1. The minimum absolute atomic E-state index is 0.0786. The molecule has 4 nitrogen and oxygen atoms in total. The first-order valence-corrected chi connectivity index (χ1v) is 7.25. The first-order chi connectivity index (χ1) is 9.81. The number of thiazole rings is 1. The lowest BCUT2D eigenvalue weighted by atomic mass is 10.2. The highest BCUT2D eigenvalue weighted by atomic mass is 79.9. The first-order valence-electron chi connectivity index (χ1n) is 5.64. The van der Waals surface area contributed by atoms with E-state index >= 15 is 0 Å². The fourth-order valence-electron chi connectivity index (χ4n) is 1.63. The molecule has 0 radical (unpaired) electrons. The van der Waals surface area contributed by atoms with E-state index in [1.54, 1.807) is 6.92 Å². The predicted molar refractivity (Wildman–Crippen MR) is 76.4 cm³/mol. The normalized spacial score (nSPS) is 10.7. The van der Waals surface area contributed by atoms with Crippen LogP contribution in [0.2, 0.25) is 0 Å². The zero-order valence-corrected chi connectivity index (χ0v) is 13.0. The van der Waals surface area contributed by atoms with Gasteiger partial charge in [-0.1, -0.05) is 11.3 Å². The summed E-state index contributed by atoms with van der Waals surface area (Å²) in [5, 5.41) is 2.72. The number of hydrogen-bond donors (Lipinski definition) is 2. The molecule has 0 aliphatic heterocycles. The van der Waals surface area contributed by atoms with Crippen LogP contribution in [0.3, 0.4) is 0 Å². The summed E-state index contributed by atoms with van der Waals surface area (Å²) in [6.07, 6.45) is 0. The standard InChI is InChI=1S/C12H9BrF3N3OS/c1-4-10(21-12(17)19-4)11(20)18-3-5-2-6(14)8(15)9(16)7(5)13/h2H,3H2,1H3,(H2,17,19)(H,18,20). The Kier molecular flexibility index (Phi) is 4.52. The van der Waals surface area contributed by atoms with Gasteiger partial charge >= 0.3 is 0 Å². The molecule has 2 aromatic rings. The molecule has 21 heavy (non-hydrogen) atoms. The third-order valence-electron chi connectivity index (χ3n) is 2.64. The Balaban J connectivity index is 2.17. The fourth-order valence-corrected chi connectivity index (χ4v) is 2.81. The van der Waals surface area contributed by atoms with Crippen molar-refractivity contribution < 1.29 is 18.0 Å². The van der Waals surface area contributed by atoms with Gasteiger partial charge in [0.1, 0.15) is 4.88 Å². The van der Waals surface area contributed by atoms with Gasteiger partial charge in [-0.2, -0.15) is 0 Å². The van der Waals surface area contributed by atoms with Crippen LogP contribution in [-0.4, -0.2) is 10.9 Å². The Hall–Kier alpha value is -1.61. The fraction of sp³-hybridized carbons (Fsp3) is 0.167. The maximum absolute atomic E-state index is 13.4. The minimum Gasteiger partial charge on any atom is -0.375 e. The summed E-state index contributed by atoms with van der Waals surface area (Å²) in [4.78, 5) is 16.1. The molecular formula is C12H9BrF3N3OS. The average Bonchev–Trinajstić information content (AvgIpc) is 2.77. The zero-order valence-electron chi connectivity index (χ0n) is 10.6. The second kappa shape index (κ2) is 6.02. The Morgan fingerprint density at radius 3 is 2.67 bits per heavy atom. The molecule has 9 heteroatoms. The van der Waals surface area contributed by atoms with Crippen molar-refractivity contribution in [1.29, 1.82) is 0 Å². The molecule has 0 aliphatic carbocycles. The molecule has 1 amide bonds. The summed E-state index contributed by atoms with van der Waals surface area (Å²) >= 11 is 3.83. The van der Waals surface area contributed by atoms with E-state index in [2.05, 4.69) is 26.2 Å². The number of aryl methyl sites for hydroxylation is 1. The van der Waals surface area contributed by atoms with Crippen molar-refractivity contribution in [2.75, 3.05) is 5.73 Å². The predicted octanol–water partition coefficient (Wildman–Crippen LogP) is 3.14. The molecule has 1 heterocycles. The van der Waals surface area contributed by atoms with Crippen LogP contribution < -0.4 is 11.1 Å². The van der Waals surface area contributed by atoms with Gasteiger partial charge in [-0.05, 0) is 34.5 Å². The summed E-state index contributed by atoms with van der Waals surface area (Å²) in [5.74, 6) is -4.70. The molecule has 0 bridgehead atoms. The molecule has 1 aromatic carbocycles. The van der Waals surface area contributed by atoms with Crippen LogP contribution in [0, 0.1) is 24.4 Å². The van der Waals surface area contributed by atoms with Gasteiger partial charge in [-0.15, -0.1) is 0 Å². The van der Waals surface area contributed by atoms with Crippen molar-refractivity contribution >= 4 is 38.3 Å². The molecule has 0 saturated carbocycles. The van der Waals surface area contributed by atoms with Crippen LogP contribution in [0.5, 0.6) is 0 Å². The molecule has 1 aromatic heterocycles. The van der Waals surface area contributed by atoms with Gasteiger partial charge in [0.05, 0.1) is 10.2 Å². The quantitative estimate of drug-likeness (QED) is 0.635. The zero-order chi connectivity index (χ0) is 15.7. The average molecular weight is 380 g/mol. The van der Waals surface area contributed by atoms with E-state index in [1.807, 2.05) is 0 Å². The number of hydrogen-bond acceptors (Lipinski definition) is 4. The Bertz CT molecular complexity index is 720. The SMILES string of the molecule is Cc1nc(N)sc1C(=O)NCc1cc(F)c(F)c(F)c1Br. The van der Waals surface area contributed by atoms with E-state index in [4.69, 9.17) is 5.73 Å². The molecule has 0 unspecified atom stereocenters. The number of nitrogen functional groups attached to an aromatic ring is 1. The summed E-state index contributed by atoms with van der Waals surface area (Å²) in [6, 6.07) is 0.816. The number of rotatable bonds is 3. The lowest BCUT2D eigenvalue weighted by Crippen LogP contribution is -2.23. The molecule has 0 spiro atoms. The van der Waals surface area contributed by atoms with E-state index in [0.29, 0.717) is 10.6 Å². The lowest BCUT2D eigenvalue weighted by Gasteiger charge is -2.08. The van der Waals surface area contributed by atoms with Crippen molar-refractivity contribution in [1.82, 2.24) is 10.3 Å². The van der Waals surface area contributed by atoms with Crippen LogP contribution in [-0.2, 0) is 6.54 Å². The number of halogens is 4. The van der Waals surface area contributed by atoms with Gasteiger partial charge in [0.2, 0.25) is 0 Å². The van der Waals surface area contributed by atoms with E-state index in [1.165, 1.54) is 0 Å². The van der Waals surface area contributed by atoms with E-state index in [9.17, 15) is 18.0 Å². The topological polar surface area (TPSA) is 68.0 Å². The maximum atomic E-state index is 13.4. The minimum atomic E-state index is -1.57. The second-order valence-corrected chi connectivity index (χ2v) is 5.93. The Labute approximate surface area is 130 Å². The highest BCUT2D eigenvalue weighted by molar-refractivity contribution is 9.10. The molecular weight excluding hydrogens is 371 g/mol. The highest BCUT2D eigenvalue weighted by Gasteiger charge is 2.18. The van der Waals surface area contributed by atoms with Crippen LogP contribution >= 0.6 is 27.3 Å². The summed E-state index contributed by atoms with van der Waals surface area (Å²) in [7, 11) is 0. The summed E-state index contributed by atoms with van der Waals surface area (Å²) < 4.78 is 39.3. The van der Waals surface area contributed by atoms with Crippen molar-refractivity contribution in [2.45, 2.75) is 13.5 Å². The molecule has 112 valence electrons. The Morgan fingerprint density at radius 2 is 2.10 bits per heavy atom. The lowest BCUT2D eigenvalue weighted by molar-refractivity contribution is 0.0954. The number of nitrogens with two attached hydrogens (primary N) is 1. The number of nitrogens with zero attached hydrogens (tertiary/aromatic N) is 1. The van der Waals surface area contributed by atoms with E-state index < -0.39 is 23.4 Å². The van der Waals surface area contributed by atoms with Crippen LogP contribution in [0.4, 0.5) is 18.3 Å². The number of aromatic nitrogens is 1. The van der Waals surface area contributed by atoms with Crippen molar-refractivity contribution in [2.24, 2.45) is 0 Å². The van der Waals surface area contributed by atoms with Gasteiger partial charge in [0.25, 0.3) is 5.91 Å². The van der Waals surface area contributed by atoms with Gasteiger partial charge in [-0.25, -0.2) is 18.2 Å². The number of nitrogens with one attached hydrogen (secondary N) is 1. The highest BCUT2D eigenvalue weighted by Crippen LogP contribution is 2.25.